The Hall–Kier alpha value is -2.75. The number of carbonyl (C=O) groups excluding carboxylic acids is 1. The third-order valence-corrected chi connectivity index (χ3v) is 2.93. The summed E-state index contributed by atoms with van der Waals surface area (Å²) in [7, 11) is 0. The van der Waals surface area contributed by atoms with Gasteiger partial charge < -0.3 is 0 Å². The van der Waals surface area contributed by atoms with Gasteiger partial charge in [0, 0.05) is 11.6 Å². The summed E-state index contributed by atoms with van der Waals surface area (Å²) in [6, 6.07) is 15.2. The average Bonchev–Trinajstić information content (AvgIpc) is 2.48. The molecule has 0 atom stereocenters. The topological polar surface area (TPSA) is 60.2 Å². The fraction of sp³-hybridized carbons (Fsp3) is 0.0625. The Labute approximate surface area is 116 Å². The predicted molar refractivity (Wildman–Crippen MR) is 77.5 cm³/mol. The Morgan fingerprint density at radius 2 is 1.65 bits per heavy atom. The molecule has 4 heteroatoms. The fourth-order valence-electron chi connectivity index (χ4n) is 1.93. The highest BCUT2D eigenvalue weighted by Gasteiger charge is 2.14. The van der Waals surface area contributed by atoms with Crippen molar-refractivity contribution >= 4 is 17.0 Å². The van der Waals surface area contributed by atoms with Gasteiger partial charge in [-0.25, -0.2) is 0 Å². The van der Waals surface area contributed by atoms with E-state index in [1.54, 1.807) is 49.4 Å². The molecule has 2 aromatic carbocycles. The molecule has 0 aliphatic rings. The quantitative estimate of drug-likeness (QED) is 0.365. The van der Waals surface area contributed by atoms with Crippen LogP contribution in [-0.2, 0) is 0 Å². The van der Waals surface area contributed by atoms with Gasteiger partial charge in [0.2, 0.25) is 0 Å². The zero-order valence-corrected chi connectivity index (χ0v) is 10.9. The number of ketones is 1. The van der Waals surface area contributed by atoms with Crippen molar-refractivity contribution in [1.29, 1.82) is 0 Å². The molecule has 2 aromatic rings. The Balaban J connectivity index is 2.37. The number of benzene rings is 2. The Morgan fingerprint density at radius 3 is 2.30 bits per heavy atom. The van der Waals surface area contributed by atoms with E-state index >= 15 is 0 Å². The third kappa shape index (κ3) is 2.98. The first-order valence-electron chi connectivity index (χ1n) is 6.11. The lowest BCUT2D eigenvalue weighted by Gasteiger charge is -2.03. The summed E-state index contributed by atoms with van der Waals surface area (Å²) in [4.78, 5) is 22.6. The maximum absolute atomic E-state index is 12.1. The molecule has 0 aromatic heterocycles. The highest BCUT2D eigenvalue weighted by atomic mass is 16.6. The van der Waals surface area contributed by atoms with E-state index in [1.165, 1.54) is 12.1 Å². The second-order valence-corrected chi connectivity index (χ2v) is 4.33. The molecule has 0 saturated heterocycles. The van der Waals surface area contributed by atoms with Crippen LogP contribution in [0.2, 0.25) is 0 Å². The lowest BCUT2D eigenvalue weighted by Crippen LogP contribution is -1.97. The third-order valence-electron chi connectivity index (χ3n) is 2.93. The van der Waals surface area contributed by atoms with Crippen LogP contribution < -0.4 is 0 Å². The zero-order chi connectivity index (χ0) is 14.5. The van der Waals surface area contributed by atoms with Crippen molar-refractivity contribution in [2.75, 3.05) is 0 Å². The van der Waals surface area contributed by atoms with Crippen molar-refractivity contribution in [3.8, 4) is 0 Å². The number of hydrogen-bond acceptors (Lipinski definition) is 3. The lowest BCUT2D eigenvalue weighted by atomic mass is 10.0. The minimum absolute atomic E-state index is 0.00196. The van der Waals surface area contributed by atoms with Crippen molar-refractivity contribution in [3.05, 3.63) is 81.9 Å². The molecule has 0 aliphatic carbocycles. The molecule has 0 saturated carbocycles. The molecule has 0 heterocycles. The normalized spacial score (nSPS) is 11.2. The van der Waals surface area contributed by atoms with Gasteiger partial charge in [-0.1, -0.05) is 42.5 Å². The number of para-hydroxylation sites is 1. The monoisotopic (exact) mass is 267 g/mol. The molecule has 4 nitrogen and oxygen atoms in total. The number of nitro benzene ring substituents is 1. The summed E-state index contributed by atoms with van der Waals surface area (Å²) in [5, 5.41) is 11.0. The summed E-state index contributed by atoms with van der Waals surface area (Å²) in [5.74, 6) is -0.166. The van der Waals surface area contributed by atoms with Gasteiger partial charge in [0.05, 0.1) is 10.5 Å². The van der Waals surface area contributed by atoms with E-state index in [0.717, 1.165) is 0 Å². The van der Waals surface area contributed by atoms with Gasteiger partial charge in [0.1, 0.15) is 0 Å². The van der Waals surface area contributed by atoms with E-state index in [9.17, 15) is 14.9 Å². The minimum atomic E-state index is -0.445. The molecule has 100 valence electrons. The number of allylic oxidation sites excluding steroid dienone is 2. The average molecular weight is 267 g/mol. The second kappa shape index (κ2) is 5.93. The van der Waals surface area contributed by atoms with E-state index in [2.05, 4.69) is 0 Å². The summed E-state index contributed by atoms with van der Waals surface area (Å²) in [6.45, 7) is 1.70. The van der Waals surface area contributed by atoms with Crippen LogP contribution in [-0.4, -0.2) is 10.7 Å². The summed E-state index contributed by atoms with van der Waals surface area (Å²) >= 11 is 0. The molecule has 0 fully saturated rings. The lowest BCUT2D eigenvalue weighted by molar-refractivity contribution is -0.385. The van der Waals surface area contributed by atoms with E-state index in [-0.39, 0.29) is 11.5 Å². The first-order valence-corrected chi connectivity index (χ1v) is 6.11. The van der Waals surface area contributed by atoms with Crippen LogP contribution in [0.25, 0.3) is 5.57 Å². The molecular weight excluding hydrogens is 254 g/mol. The minimum Gasteiger partial charge on any atom is -0.289 e. The smallest absolute Gasteiger partial charge is 0.276 e. The molecule has 0 unspecified atom stereocenters. The number of nitrogens with zero attached hydrogens (tertiary/aromatic N) is 1. The van der Waals surface area contributed by atoms with Gasteiger partial charge in [0.15, 0.2) is 5.78 Å². The van der Waals surface area contributed by atoms with Crippen LogP contribution in [0.1, 0.15) is 22.8 Å². The molecule has 0 N–H and O–H groups in total. The molecule has 0 spiro atoms. The number of carbonyl (C=O) groups is 1. The highest BCUT2D eigenvalue weighted by molar-refractivity contribution is 6.08. The van der Waals surface area contributed by atoms with E-state index in [4.69, 9.17) is 0 Å². The van der Waals surface area contributed by atoms with E-state index in [1.807, 2.05) is 6.07 Å². The summed E-state index contributed by atoms with van der Waals surface area (Å²) in [6.07, 6.45) is 1.43. The van der Waals surface area contributed by atoms with Crippen molar-refractivity contribution in [3.63, 3.8) is 0 Å². The van der Waals surface area contributed by atoms with Crippen LogP contribution in [0.5, 0.6) is 0 Å². The Bertz CT molecular complexity index is 675. The molecule has 0 radical (unpaired) electrons. The first-order chi connectivity index (χ1) is 9.59. The molecule has 0 bridgehead atoms. The van der Waals surface area contributed by atoms with Crippen LogP contribution in [0, 0.1) is 10.1 Å². The zero-order valence-electron chi connectivity index (χ0n) is 10.9. The van der Waals surface area contributed by atoms with Crippen LogP contribution >= 0.6 is 0 Å². The van der Waals surface area contributed by atoms with Gasteiger partial charge in [-0.15, -0.1) is 0 Å². The number of hydrogen-bond donors (Lipinski definition) is 0. The number of nitro groups is 1. The maximum atomic E-state index is 12.1. The standard InChI is InChI=1S/C16H13NO3/c1-12(11-16(18)13-7-3-2-4-8-13)14-9-5-6-10-15(14)17(19)20/h2-11H,1H3/b12-11+. The SMILES string of the molecule is C/C(=C\C(=O)c1ccccc1)c1ccccc1[N+](=O)[O-]. The van der Waals surface area contributed by atoms with Crippen molar-refractivity contribution < 1.29 is 9.72 Å². The first kappa shape index (κ1) is 13.7. The molecule has 0 aliphatic heterocycles. The number of rotatable bonds is 4. The summed E-state index contributed by atoms with van der Waals surface area (Å²) < 4.78 is 0. The maximum Gasteiger partial charge on any atom is 0.276 e. The second-order valence-electron chi connectivity index (χ2n) is 4.33. The Kier molecular flexibility index (Phi) is 4.05. The fourth-order valence-corrected chi connectivity index (χ4v) is 1.93. The molecule has 20 heavy (non-hydrogen) atoms. The van der Waals surface area contributed by atoms with E-state index < -0.39 is 4.92 Å². The van der Waals surface area contributed by atoms with Crippen molar-refractivity contribution in [2.24, 2.45) is 0 Å². The van der Waals surface area contributed by atoms with Crippen LogP contribution in [0.3, 0.4) is 0 Å². The molecular formula is C16H13NO3. The highest BCUT2D eigenvalue weighted by Crippen LogP contribution is 2.25. The predicted octanol–water partition coefficient (Wildman–Crippen LogP) is 3.88. The summed E-state index contributed by atoms with van der Waals surface area (Å²) in [5.41, 5.74) is 1.60. The van der Waals surface area contributed by atoms with Gasteiger partial charge in [-0.05, 0) is 24.6 Å². The van der Waals surface area contributed by atoms with Crippen LogP contribution in [0.15, 0.2) is 60.7 Å². The molecule has 0 amide bonds. The van der Waals surface area contributed by atoms with E-state index in [0.29, 0.717) is 16.7 Å². The van der Waals surface area contributed by atoms with Gasteiger partial charge in [0.25, 0.3) is 5.69 Å². The van der Waals surface area contributed by atoms with Gasteiger partial charge in [-0.3, -0.25) is 14.9 Å². The van der Waals surface area contributed by atoms with Gasteiger partial charge >= 0.3 is 0 Å². The van der Waals surface area contributed by atoms with Crippen molar-refractivity contribution in [2.45, 2.75) is 6.92 Å². The van der Waals surface area contributed by atoms with Crippen LogP contribution in [0.4, 0.5) is 5.69 Å². The largest absolute Gasteiger partial charge is 0.289 e. The van der Waals surface area contributed by atoms with Crippen molar-refractivity contribution in [1.82, 2.24) is 0 Å². The molecule has 2 rings (SSSR count). The Morgan fingerprint density at radius 1 is 1.05 bits per heavy atom. The van der Waals surface area contributed by atoms with Gasteiger partial charge in [-0.2, -0.15) is 0 Å².